The molecule has 0 amide bonds. The molecule has 2 heteroatoms. The van der Waals surface area contributed by atoms with Gasteiger partial charge in [-0.1, -0.05) is 38.1 Å². The van der Waals surface area contributed by atoms with E-state index in [0.29, 0.717) is 12.3 Å². The number of hydrogen-bond acceptors (Lipinski definition) is 1. The van der Waals surface area contributed by atoms with E-state index < -0.39 is 5.97 Å². The highest BCUT2D eigenvalue weighted by Crippen LogP contribution is 2.47. The monoisotopic (exact) mass is 232 g/mol. The lowest BCUT2D eigenvalue weighted by Gasteiger charge is -2.19. The number of rotatable bonds is 4. The van der Waals surface area contributed by atoms with Crippen molar-refractivity contribution < 1.29 is 9.90 Å². The van der Waals surface area contributed by atoms with Crippen LogP contribution in [0.15, 0.2) is 24.3 Å². The molecule has 2 nitrogen and oxygen atoms in total. The summed E-state index contributed by atoms with van der Waals surface area (Å²) >= 11 is 0. The number of aliphatic carboxylic acids is 1. The molecule has 0 fully saturated rings. The van der Waals surface area contributed by atoms with E-state index in [1.807, 2.05) is 0 Å². The normalized spacial score (nSPS) is 21.2. The highest BCUT2D eigenvalue weighted by molar-refractivity contribution is 5.66. The summed E-state index contributed by atoms with van der Waals surface area (Å²) < 4.78 is 0. The molecule has 0 spiro atoms. The van der Waals surface area contributed by atoms with E-state index in [9.17, 15) is 4.79 Å². The van der Waals surface area contributed by atoms with Crippen LogP contribution in [0.5, 0.6) is 0 Å². The fraction of sp³-hybridized carbons (Fsp3) is 0.533. The fourth-order valence-corrected chi connectivity index (χ4v) is 3.06. The van der Waals surface area contributed by atoms with E-state index in [2.05, 4.69) is 38.1 Å². The van der Waals surface area contributed by atoms with Gasteiger partial charge in [0.25, 0.3) is 0 Å². The van der Waals surface area contributed by atoms with Crippen molar-refractivity contribution in [2.75, 3.05) is 0 Å². The third-order valence-corrected chi connectivity index (χ3v) is 3.83. The van der Waals surface area contributed by atoms with Gasteiger partial charge in [-0.05, 0) is 41.7 Å². The summed E-state index contributed by atoms with van der Waals surface area (Å²) in [5.41, 5.74) is 3.12. The number of benzene rings is 1. The molecule has 1 N–H and O–H groups in total. The molecule has 0 saturated carbocycles. The predicted molar refractivity (Wildman–Crippen MR) is 68.3 cm³/mol. The summed E-state index contributed by atoms with van der Waals surface area (Å²) in [6, 6.07) is 8.60. The first-order valence-corrected chi connectivity index (χ1v) is 6.32. The van der Waals surface area contributed by atoms with Crippen LogP contribution in [0.25, 0.3) is 0 Å². The van der Waals surface area contributed by atoms with Crippen LogP contribution in [0.2, 0.25) is 0 Å². The highest BCUT2D eigenvalue weighted by Gasteiger charge is 2.35. The van der Waals surface area contributed by atoms with Crippen molar-refractivity contribution in [3.8, 4) is 0 Å². The molecule has 0 aromatic heterocycles. The standard InChI is InChI=1S/C15H20O2/c1-15(2)10-11(6-5-9-14(16)17)12-7-3-4-8-13(12)15/h3-4,7-8,11H,5-6,9-10H2,1-2H3,(H,16,17). The Morgan fingerprint density at radius 1 is 1.41 bits per heavy atom. The molecule has 1 aliphatic carbocycles. The van der Waals surface area contributed by atoms with Gasteiger partial charge in [0.2, 0.25) is 0 Å². The van der Waals surface area contributed by atoms with Gasteiger partial charge in [0.1, 0.15) is 0 Å². The molecule has 0 radical (unpaired) electrons. The Morgan fingerprint density at radius 3 is 2.82 bits per heavy atom. The second-order valence-electron chi connectivity index (χ2n) is 5.66. The lowest BCUT2D eigenvalue weighted by atomic mass is 9.85. The van der Waals surface area contributed by atoms with Crippen molar-refractivity contribution in [3.63, 3.8) is 0 Å². The average Bonchev–Trinajstić information content (AvgIpc) is 2.51. The third-order valence-electron chi connectivity index (χ3n) is 3.83. The maximum absolute atomic E-state index is 10.5. The molecule has 1 unspecified atom stereocenters. The van der Waals surface area contributed by atoms with E-state index in [1.165, 1.54) is 11.1 Å². The molecule has 0 aliphatic heterocycles. The molecule has 17 heavy (non-hydrogen) atoms. The van der Waals surface area contributed by atoms with Crippen LogP contribution in [0, 0.1) is 0 Å². The maximum atomic E-state index is 10.5. The number of hydrogen-bond donors (Lipinski definition) is 1. The summed E-state index contributed by atoms with van der Waals surface area (Å²) in [5.74, 6) is -0.143. The largest absolute Gasteiger partial charge is 0.481 e. The Bertz CT molecular complexity index is 421. The fourth-order valence-electron chi connectivity index (χ4n) is 3.06. The van der Waals surface area contributed by atoms with Gasteiger partial charge in [-0.2, -0.15) is 0 Å². The Kier molecular flexibility index (Phi) is 3.23. The number of carboxylic acid groups (broad SMARTS) is 1. The minimum atomic E-state index is -0.685. The van der Waals surface area contributed by atoms with Crippen LogP contribution in [-0.2, 0) is 10.2 Å². The molecule has 1 aromatic carbocycles. The van der Waals surface area contributed by atoms with E-state index >= 15 is 0 Å². The Balaban J connectivity index is 2.09. The summed E-state index contributed by atoms with van der Waals surface area (Å²) in [4.78, 5) is 10.5. The van der Waals surface area contributed by atoms with Gasteiger partial charge < -0.3 is 5.11 Å². The van der Waals surface area contributed by atoms with E-state index in [4.69, 9.17) is 5.11 Å². The Labute approximate surface area is 103 Å². The van der Waals surface area contributed by atoms with E-state index in [0.717, 1.165) is 19.3 Å². The van der Waals surface area contributed by atoms with Crippen LogP contribution in [0.3, 0.4) is 0 Å². The second kappa shape index (κ2) is 4.52. The number of carbonyl (C=O) groups is 1. The number of carboxylic acids is 1. The van der Waals surface area contributed by atoms with Crippen molar-refractivity contribution in [3.05, 3.63) is 35.4 Å². The summed E-state index contributed by atoms with van der Waals surface area (Å²) in [5, 5.41) is 8.69. The van der Waals surface area contributed by atoms with Crippen LogP contribution >= 0.6 is 0 Å². The van der Waals surface area contributed by atoms with Crippen molar-refractivity contribution in [2.45, 2.75) is 50.9 Å². The first-order valence-electron chi connectivity index (χ1n) is 6.32. The molecule has 1 aliphatic rings. The van der Waals surface area contributed by atoms with E-state index in [-0.39, 0.29) is 5.41 Å². The lowest BCUT2D eigenvalue weighted by Crippen LogP contribution is -2.12. The predicted octanol–water partition coefficient (Wildman–Crippen LogP) is 3.71. The van der Waals surface area contributed by atoms with Gasteiger partial charge in [-0.3, -0.25) is 4.79 Å². The summed E-state index contributed by atoms with van der Waals surface area (Å²) in [7, 11) is 0. The quantitative estimate of drug-likeness (QED) is 0.859. The van der Waals surface area contributed by atoms with Gasteiger partial charge in [-0.25, -0.2) is 0 Å². The van der Waals surface area contributed by atoms with Crippen LogP contribution in [0.1, 0.15) is 56.6 Å². The topological polar surface area (TPSA) is 37.3 Å². The Hall–Kier alpha value is -1.31. The summed E-state index contributed by atoms with van der Waals surface area (Å²) in [6.45, 7) is 4.56. The molecule has 0 heterocycles. The zero-order valence-electron chi connectivity index (χ0n) is 10.6. The lowest BCUT2D eigenvalue weighted by molar-refractivity contribution is -0.137. The SMILES string of the molecule is CC1(C)CC(CCCC(=O)O)c2ccccc21. The van der Waals surface area contributed by atoms with Crippen molar-refractivity contribution in [1.82, 2.24) is 0 Å². The smallest absolute Gasteiger partial charge is 0.303 e. The molecule has 1 atom stereocenters. The maximum Gasteiger partial charge on any atom is 0.303 e. The third kappa shape index (κ3) is 2.51. The zero-order chi connectivity index (χ0) is 12.5. The van der Waals surface area contributed by atoms with Gasteiger partial charge in [0.05, 0.1) is 0 Å². The Morgan fingerprint density at radius 2 is 2.12 bits per heavy atom. The minimum absolute atomic E-state index is 0.241. The molecule has 92 valence electrons. The molecule has 0 saturated heterocycles. The van der Waals surface area contributed by atoms with Crippen LogP contribution in [-0.4, -0.2) is 11.1 Å². The summed E-state index contributed by atoms with van der Waals surface area (Å²) in [6.07, 6.45) is 3.21. The van der Waals surface area contributed by atoms with Crippen molar-refractivity contribution in [2.24, 2.45) is 0 Å². The van der Waals surface area contributed by atoms with Crippen molar-refractivity contribution >= 4 is 5.97 Å². The molecule has 1 aromatic rings. The van der Waals surface area contributed by atoms with Crippen LogP contribution in [0.4, 0.5) is 0 Å². The molecular weight excluding hydrogens is 212 g/mol. The van der Waals surface area contributed by atoms with Gasteiger partial charge in [0, 0.05) is 6.42 Å². The van der Waals surface area contributed by atoms with Gasteiger partial charge in [-0.15, -0.1) is 0 Å². The second-order valence-corrected chi connectivity index (χ2v) is 5.66. The minimum Gasteiger partial charge on any atom is -0.481 e. The van der Waals surface area contributed by atoms with Crippen LogP contribution < -0.4 is 0 Å². The van der Waals surface area contributed by atoms with Gasteiger partial charge >= 0.3 is 5.97 Å². The zero-order valence-corrected chi connectivity index (χ0v) is 10.6. The molecule has 2 rings (SSSR count). The first kappa shape index (κ1) is 12.2. The number of fused-ring (bicyclic) bond motifs is 1. The van der Waals surface area contributed by atoms with Crippen molar-refractivity contribution in [1.29, 1.82) is 0 Å². The highest BCUT2D eigenvalue weighted by atomic mass is 16.4. The van der Waals surface area contributed by atoms with E-state index in [1.54, 1.807) is 0 Å². The molecular formula is C15H20O2. The average molecular weight is 232 g/mol. The molecule has 0 bridgehead atoms. The first-order chi connectivity index (χ1) is 8.00. The van der Waals surface area contributed by atoms with Gasteiger partial charge in [0.15, 0.2) is 0 Å².